The van der Waals surface area contributed by atoms with Gasteiger partial charge in [0.15, 0.2) is 5.75 Å². The average molecular weight is 361 g/mol. The van der Waals surface area contributed by atoms with Crippen LogP contribution in [0.3, 0.4) is 0 Å². The van der Waals surface area contributed by atoms with E-state index in [2.05, 4.69) is 15.3 Å². The molecule has 0 aliphatic heterocycles. The molecule has 22 heavy (non-hydrogen) atoms. The number of nitrogens with zero attached hydrogens (tertiary/aromatic N) is 2. The summed E-state index contributed by atoms with van der Waals surface area (Å²) in [6.45, 7) is 1.97. The molecule has 1 atom stereocenters. The second-order valence-corrected chi connectivity index (χ2v) is 5.73. The van der Waals surface area contributed by atoms with E-state index in [-0.39, 0.29) is 24.2 Å². The quantitative estimate of drug-likeness (QED) is 0.884. The summed E-state index contributed by atoms with van der Waals surface area (Å²) in [5.41, 5.74) is 0.233. The maximum absolute atomic E-state index is 11.9. The Morgan fingerprint density at radius 1 is 1.27 bits per heavy atom. The van der Waals surface area contributed by atoms with Gasteiger partial charge in [0.1, 0.15) is 12.3 Å². The summed E-state index contributed by atoms with van der Waals surface area (Å²) in [5.74, 6) is -0.00849. The standard InChI is InChI=1S/C14H12Cl3N3O2/c1-8(20-14(21)12-6-18-2-3-19-12)7-22-13-10(16)4-9(15)5-11(13)17/h2-6,8H,7H2,1H3,(H,20,21). The van der Waals surface area contributed by atoms with Crippen LogP contribution in [-0.4, -0.2) is 28.5 Å². The second kappa shape index (κ2) is 7.63. The van der Waals surface area contributed by atoms with E-state index < -0.39 is 0 Å². The van der Waals surface area contributed by atoms with Crippen LogP contribution in [-0.2, 0) is 0 Å². The predicted molar refractivity (Wildman–Crippen MR) is 85.9 cm³/mol. The smallest absolute Gasteiger partial charge is 0.271 e. The Hall–Kier alpha value is -1.56. The van der Waals surface area contributed by atoms with E-state index in [0.717, 1.165) is 0 Å². The monoisotopic (exact) mass is 359 g/mol. The number of carbonyl (C=O) groups is 1. The number of rotatable bonds is 5. The number of ether oxygens (including phenoxy) is 1. The van der Waals surface area contributed by atoms with Crippen molar-refractivity contribution in [2.75, 3.05) is 6.61 Å². The highest BCUT2D eigenvalue weighted by Crippen LogP contribution is 2.35. The van der Waals surface area contributed by atoms with Gasteiger partial charge in [0, 0.05) is 17.4 Å². The fraction of sp³-hybridized carbons (Fsp3) is 0.214. The predicted octanol–water partition coefficient (Wildman–Crippen LogP) is 3.63. The fourth-order valence-corrected chi connectivity index (χ4v) is 2.56. The fourth-order valence-electron chi connectivity index (χ4n) is 1.63. The van der Waals surface area contributed by atoms with Crippen molar-refractivity contribution in [1.82, 2.24) is 15.3 Å². The van der Waals surface area contributed by atoms with Gasteiger partial charge >= 0.3 is 0 Å². The van der Waals surface area contributed by atoms with E-state index in [0.29, 0.717) is 20.8 Å². The number of amides is 1. The van der Waals surface area contributed by atoms with Crippen molar-refractivity contribution >= 4 is 40.7 Å². The van der Waals surface area contributed by atoms with Crippen molar-refractivity contribution in [1.29, 1.82) is 0 Å². The van der Waals surface area contributed by atoms with Crippen LogP contribution in [0.5, 0.6) is 5.75 Å². The summed E-state index contributed by atoms with van der Waals surface area (Å²) in [6.07, 6.45) is 4.33. The first-order chi connectivity index (χ1) is 10.5. The zero-order valence-corrected chi connectivity index (χ0v) is 13.8. The first-order valence-corrected chi connectivity index (χ1v) is 7.45. The Balaban J connectivity index is 1.93. The van der Waals surface area contributed by atoms with Gasteiger partial charge in [0.2, 0.25) is 0 Å². The van der Waals surface area contributed by atoms with Gasteiger partial charge in [0.25, 0.3) is 5.91 Å². The summed E-state index contributed by atoms with van der Waals surface area (Å²) in [4.78, 5) is 19.7. The largest absolute Gasteiger partial charge is 0.488 e. The topological polar surface area (TPSA) is 64.1 Å². The van der Waals surface area contributed by atoms with E-state index in [9.17, 15) is 4.79 Å². The van der Waals surface area contributed by atoms with Gasteiger partial charge in [-0.25, -0.2) is 4.98 Å². The first-order valence-electron chi connectivity index (χ1n) is 6.31. The summed E-state index contributed by atoms with van der Waals surface area (Å²) in [7, 11) is 0. The molecule has 1 unspecified atom stereocenters. The molecule has 0 aliphatic rings. The van der Waals surface area contributed by atoms with E-state index in [1.165, 1.54) is 30.7 Å². The molecule has 8 heteroatoms. The Bertz CT molecular complexity index is 645. The molecule has 116 valence electrons. The zero-order chi connectivity index (χ0) is 16.1. The number of benzene rings is 1. The molecule has 1 amide bonds. The molecular weight excluding hydrogens is 349 g/mol. The Labute approximate surface area is 142 Å². The van der Waals surface area contributed by atoms with Crippen LogP contribution in [0.15, 0.2) is 30.7 Å². The molecular formula is C14H12Cl3N3O2. The number of halogens is 3. The molecule has 0 fully saturated rings. The lowest BCUT2D eigenvalue weighted by Crippen LogP contribution is -2.37. The highest BCUT2D eigenvalue weighted by atomic mass is 35.5. The van der Waals surface area contributed by atoms with E-state index in [4.69, 9.17) is 39.5 Å². The molecule has 5 nitrogen and oxygen atoms in total. The van der Waals surface area contributed by atoms with Crippen molar-refractivity contribution in [3.05, 3.63) is 51.5 Å². The molecule has 1 N–H and O–H groups in total. The lowest BCUT2D eigenvalue weighted by Gasteiger charge is -2.16. The van der Waals surface area contributed by atoms with Gasteiger partial charge in [-0.15, -0.1) is 0 Å². The summed E-state index contributed by atoms with van der Waals surface area (Å²) in [6, 6.07) is 2.79. The maximum atomic E-state index is 11.9. The Morgan fingerprint density at radius 3 is 2.55 bits per heavy atom. The summed E-state index contributed by atoms with van der Waals surface area (Å²) >= 11 is 17.9. The molecule has 2 rings (SSSR count). The molecule has 0 radical (unpaired) electrons. The van der Waals surface area contributed by atoms with Crippen LogP contribution < -0.4 is 10.1 Å². The molecule has 0 aliphatic carbocycles. The molecule has 1 aromatic carbocycles. The van der Waals surface area contributed by atoms with Crippen molar-refractivity contribution in [3.63, 3.8) is 0 Å². The normalized spacial score (nSPS) is 11.8. The summed E-state index contributed by atoms with van der Waals surface area (Å²) in [5, 5.41) is 3.78. The maximum Gasteiger partial charge on any atom is 0.271 e. The van der Waals surface area contributed by atoms with E-state index in [1.54, 1.807) is 6.92 Å². The number of aromatic nitrogens is 2. The van der Waals surface area contributed by atoms with Gasteiger partial charge in [-0.3, -0.25) is 9.78 Å². The molecule has 2 aromatic rings. The van der Waals surface area contributed by atoms with Gasteiger partial charge in [-0.1, -0.05) is 34.8 Å². The van der Waals surface area contributed by atoms with E-state index in [1.807, 2.05) is 0 Å². The number of carbonyl (C=O) groups excluding carboxylic acids is 1. The molecule has 1 heterocycles. The second-order valence-electron chi connectivity index (χ2n) is 4.47. The SMILES string of the molecule is CC(COc1c(Cl)cc(Cl)cc1Cl)NC(=O)c1cnccn1. The minimum Gasteiger partial charge on any atom is -0.488 e. The van der Waals surface area contributed by atoms with Gasteiger partial charge in [0.05, 0.1) is 22.3 Å². The van der Waals surface area contributed by atoms with Crippen LogP contribution in [0.2, 0.25) is 15.1 Å². The van der Waals surface area contributed by atoms with Crippen molar-refractivity contribution in [2.24, 2.45) is 0 Å². The minimum absolute atomic E-state index is 0.188. The van der Waals surface area contributed by atoms with Crippen LogP contribution in [0, 0.1) is 0 Å². The van der Waals surface area contributed by atoms with Gasteiger partial charge < -0.3 is 10.1 Å². The Kier molecular flexibility index (Phi) is 5.83. The number of hydrogen-bond acceptors (Lipinski definition) is 4. The third-order valence-electron chi connectivity index (χ3n) is 2.61. The summed E-state index contributed by atoms with van der Waals surface area (Å²) < 4.78 is 5.55. The van der Waals surface area contributed by atoms with Gasteiger partial charge in [-0.05, 0) is 19.1 Å². The average Bonchev–Trinajstić information content (AvgIpc) is 2.47. The molecule has 0 spiro atoms. The van der Waals surface area contributed by atoms with Crippen molar-refractivity contribution in [2.45, 2.75) is 13.0 Å². The minimum atomic E-state index is -0.336. The highest BCUT2D eigenvalue weighted by Gasteiger charge is 2.14. The van der Waals surface area contributed by atoms with Gasteiger partial charge in [-0.2, -0.15) is 0 Å². The van der Waals surface area contributed by atoms with Crippen LogP contribution in [0.4, 0.5) is 0 Å². The lowest BCUT2D eigenvalue weighted by atomic mass is 10.3. The first kappa shape index (κ1) is 16.8. The Morgan fingerprint density at radius 2 is 1.95 bits per heavy atom. The number of nitrogens with one attached hydrogen (secondary N) is 1. The van der Waals surface area contributed by atoms with Crippen LogP contribution in [0.25, 0.3) is 0 Å². The molecule has 0 saturated heterocycles. The lowest BCUT2D eigenvalue weighted by molar-refractivity contribution is 0.0921. The van der Waals surface area contributed by atoms with E-state index >= 15 is 0 Å². The molecule has 0 saturated carbocycles. The highest BCUT2D eigenvalue weighted by molar-refractivity contribution is 6.40. The molecule has 0 bridgehead atoms. The third-order valence-corrected chi connectivity index (χ3v) is 3.39. The van der Waals surface area contributed by atoms with Crippen LogP contribution >= 0.6 is 34.8 Å². The van der Waals surface area contributed by atoms with Crippen molar-refractivity contribution < 1.29 is 9.53 Å². The number of hydrogen-bond donors (Lipinski definition) is 1. The van der Waals surface area contributed by atoms with Crippen molar-refractivity contribution in [3.8, 4) is 5.75 Å². The zero-order valence-electron chi connectivity index (χ0n) is 11.5. The molecule has 1 aromatic heterocycles. The van der Waals surface area contributed by atoms with Crippen LogP contribution in [0.1, 0.15) is 17.4 Å². The third kappa shape index (κ3) is 4.47.